The van der Waals surface area contributed by atoms with Gasteiger partial charge in [-0.05, 0) is 82.5 Å². The molecule has 1 aliphatic rings. The van der Waals surface area contributed by atoms with E-state index in [1.807, 2.05) is 30.3 Å². The molecule has 1 aliphatic heterocycles. The number of barbiturate groups is 1. The monoisotopic (exact) mass is 702 g/mol. The smallest absolute Gasteiger partial charge is 0.335 e. The quantitative estimate of drug-likeness (QED) is 0.0764. The minimum atomic E-state index is -0.931. The van der Waals surface area contributed by atoms with Crippen LogP contribution in [0.25, 0.3) is 6.08 Å². The van der Waals surface area contributed by atoms with Crippen LogP contribution in [-0.4, -0.2) is 34.3 Å². The summed E-state index contributed by atoms with van der Waals surface area (Å²) in [6, 6.07) is 20.6. The Morgan fingerprint density at radius 2 is 1.60 bits per heavy atom. The van der Waals surface area contributed by atoms with E-state index in [-0.39, 0.29) is 45.2 Å². The molecular formula is C32H23BrN4O10. The zero-order chi connectivity index (χ0) is 33.7. The van der Waals surface area contributed by atoms with Gasteiger partial charge in [0.2, 0.25) is 5.75 Å². The minimum Gasteiger partial charge on any atom is -0.490 e. The van der Waals surface area contributed by atoms with Crippen LogP contribution >= 0.6 is 15.9 Å². The number of nitro groups is 2. The van der Waals surface area contributed by atoms with Crippen LogP contribution in [0, 0.1) is 20.2 Å². The summed E-state index contributed by atoms with van der Waals surface area (Å²) in [5.41, 5.74) is -0.0639. The number of amides is 4. The number of benzene rings is 4. The molecule has 0 spiro atoms. The molecule has 1 heterocycles. The highest BCUT2D eigenvalue weighted by molar-refractivity contribution is 9.10. The number of carbonyl (C=O) groups is 3. The molecule has 238 valence electrons. The highest BCUT2D eigenvalue weighted by Crippen LogP contribution is 2.43. The fourth-order valence-electron chi connectivity index (χ4n) is 4.48. The summed E-state index contributed by atoms with van der Waals surface area (Å²) in [7, 11) is 0. The van der Waals surface area contributed by atoms with Crippen molar-refractivity contribution >= 4 is 56.9 Å². The molecule has 5 rings (SSSR count). The molecule has 0 atom stereocenters. The van der Waals surface area contributed by atoms with Crippen molar-refractivity contribution in [3.05, 3.63) is 126 Å². The number of nitrogens with zero attached hydrogens (tertiary/aromatic N) is 3. The van der Waals surface area contributed by atoms with Crippen molar-refractivity contribution in [3.8, 4) is 23.0 Å². The molecule has 4 amide bonds. The van der Waals surface area contributed by atoms with Crippen LogP contribution in [-0.2, 0) is 16.2 Å². The van der Waals surface area contributed by atoms with Crippen molar-refractivity contribution in [1.82, 2.24) is 5.32 Å². The van der Waals surface area contributed by atoms with E-state index in [1.165, 1.54) is 30.3 Å². The first-order valence-electron chi connectivity index (χ1n) is 13.8. The number of hydrogen-bond acceptors (Lipinski definition) is 10. The average Bonchev–Trinajstić information content (AvgIpc) is 3.04. The van der Waals surface area contributed by atoms with E-state index in [0.717, 1.165) is 28.7 Å². The number of imide groups is 2. The number of non-ortho nitro benzene ring substituents is 1. The molecule has 1 fully saturated rings. The Hall–Kier alpha value is -6.09. The van der Waals surface area contributed by atoms with Crippen molar-refractivity contribution in [2.24, 2.45) is 0 Å². The van der Waals surface area contributed by atoms with Gasteiger partial charge in [0, 0.05) is 6.07 Å². The van der Waals surface area contributed by atoms with Crippen molar-refractivity contribution in [3.63, 3.8) is 0 Å². The first-order valence-corrected chi connectivity index (χ1v) is 14.6. The second kappa shape index (κ2) is 13.9. The number of halogens is 1. The molecule has 4 aromatic rings. The molecule has 15 heteroatoms. The average molecular weight is 703 g/mol. The predicted octanol–water partition coefficient (Wildman–Crippen LogP) is 6.70. The van der Waals surface area contributed by atoms with E-state index in [2.05, 4.69) is 21.2 Å². The standard InChI is InChI=1S/C32H23BrN4O10/c1-2-45-28-16-20(15-25(33)29(28)47-27-13-10-22(36(41)42)17-26(27)37(43)44)14-24-30(38)34-32(40)35(31(24)39)21-8-11-23(12-9-21)46-18-19-6-4-3-5-7-19/h3-17H,2,18H2,1H3,(H,34,38,40)/b24-14+. The lowest BCUT2D eigenvalue weighted by Gasteiger charge is -2.26. The largest absolute Gasteiger partial charge is 0.490 e. The van der Waals surface area contributed by atoms with Crippen LogP contribution in [0.3, 0.4) is 0 Å². The van der Waals surface area contributed by atoms with Gasteiger partial charge >= 0.3 is 11.7 Å². The van der Waals surface area contributed by atoms with E-state index in [4.69, 9.17) is 14.2 Å². The van der Waals surface area contributed by atoms with Gasteiger partial charge in [-0.25, -0.2) is 9.69 Å². The number of urea groups is 1. The van der Waals surface area contributed by atoms with Gasteiger partial charge in [-0.1, -0.05) is 30.3 Å². The molecule has 14 nitrogen and oxygen atoms in total. The Labute approximate surface area is 274 Å². The zero-order valence-corrected chi connectivity index (χ0v) is 26.0. The number of nitro benzene ring substituents is 2. The SMILES string of the molecule is CCOc1cc(/C=C2\C(=O)NC(=O)N(c3ccc(OCc4ccccc4)cc3)C2=O)cc(Br)c1Oc1ccc([N+](=O)[O-])cc1[N+](=O)[O-]. The van der Waals surface area contributed by atoms with Crippen LogP contribution in [0.2, 0.25) is 0 Å². The van der Waals surface area contributed by atoms with E-state index in [1.54, 1.807) is 19.1 Å². The van der Waals surface area contributed by atoms with E-state index < -0.39 is 39.1 Å². The molecule has 47 heavy (non-hydrogen) atoms. The maximum atomic E-state index is 13.5. The Kier molecular flexibility index (Phi) is 9.56. The van der Waals surface area contributed by atoms with Crippen molar-refractivity contribution in [2.75, 3.05) is 11.5 Å². The molecule has 4 aromatic carbocycles. The fraction of sp³-hybridized carbons (Fsp3) is 0.0938. The number of ether oxygens (including phenoxy) is 3. The number of carbonyl (C=O) groups excluding carboxylic acids is 3. The summed E-state index contributed by atoms with van der Waals surface area (Å²) in [6.45, 7) is 2.13. The maximum Gasteiger partial charge on any atom is 0.335 e. The number of nitrogens with one attached hydrogen (secondary N) is 1. The predicted molar refractivity (Wildman–Crippen MR) is 171 cm³/mol. The van der Waals surface area contributed by atoms with Crippen molar-refractivity contribution < 1.29 is 38.4 Å². The topological polar surface area (TPSA) is 180 Å². The summed E-state index contributed by atoms with van der Waals surface area (Å²) in [5.74, 6) is -1.52. The van der Waals surface area contributed by atoms with Gasteiger partial charge in [0.1, 0.15) is 17.9 Å². The third-order valence-electron chi connectivity index (χ3n) is 6.65. The summed E-state index contributed by atoms with van der Waals surface area (Å²) in [4.78, 5) is 61.0. The van der Waals surface area contributed by atoms with Gasteiger partial charge in [0.05, 0.1) is 32.7 Å². The first-order chi connectivity index (χ1) is 22.5. The third-order valence-corrected chi connectivity index (χ3v) is 7.24. The number of hydrogen-bond donors (Lipinski definition) is 1. The second-order valence-corrected chi connectivity index (χ2v) is 10.6. The lowest BCUT2D eigenvalue weighted by Crippen LogP contribution is -2.54. The Morgan fingerprint density at radius 3 is 2.26 bits per heavy atom. The maximum absolute atomic E-state index is 13.5. The van der Waals surface area contributed by atoms with E-state index >= 15 is 0 Å². The second-order valence-electron chi connectivity index (χ2n) is 9.76. The zero-order valence-electron chi connectivity index (χ0n) is 24.4. The van der Waals surface area contributed by atoms with Gasteiger partial charge in [-0.2, -0.15) is 0 Å². The van der Waals surface area contributed by atoms with Crippen LogP contribution in [0.4, 0.5) is 21.9 Å². The summed E-state index contributed by atoms with van der Waals surface area (Å²) in [5, 5.41) is 24.9. The molecule has 1 N–H and O–H groups in total. The lowest BCUT2D eigenvalue weighted by molar-refractivity contribution is -0.394. The normalized spacial score (nSPS) is 13.7. The van der Waals surface area contributed by atoms with Gasteiger partial charge in [0.15, 0.2) is 11.5 Å². The van der Waals surface area contributed by atoms with E-state index in [0.29, 0.717) is 12.4 Å². The van der Waals surface area contributed by atoms with Gasteiger partial charge in [0.25, 0.3) is 17.5 Å². The molecule has 0 radical (unpaired) electrons. The highest BCUT2D eigenvalue weighted by atomic mass is 79.9. The fourth-order valence-corrected chi connectivity index (χ4v) is 5.02. The molecular weight excluding hydrogens is 680 g/mol. The molecule has 0 unspecified atom stereocenters. The van der Waals surface area contributed by atoms with Crippen LogP contribution in [0.5, 0.6) is 23.0 Å². The molecule has 0 aromatic heterocycles. The summed E-state index contributed by atoms with van der Waals surface area (Å²) in [6.07, 6.45) is 1.25. The van der Waals surface area contributed by atoms with Crippen molar-refractivity contribution in [1.29, 1.82) is 0 Å². The van der Waals surface area contributed by atoms with Gasteiger partial charge in [-0.15, -0.1) is 0 Å². The Balaban J connectivity index is 1.42. The molecule has 0 aliphatic carbocycles. The molecule has 0 bridgehead atoms. The van der Waals surface area contributed by atoms with Gasteiger partial charge in [-0.3, -0.25) is 35.1 Å². The van der Waals surface area contributed by atoms with Crippen LogP contribution in [0.1, 0.15) is 18.1 Å². The van der Waals surface area contributed by atoms with Crippen LogP contribution in [0.15, 0.2) is 95.0 Å². The number of rotatable bonds is 11. The van der Waals surface area contributed by atoms with E-state index in [9.17, 15) is 34.6 Å². The highest BCUT2D eigenvalue weighted by Gasteiger charge is 2.37. The Morgan fingerprint density at radius 1 is 0.872 bits per heavy atom. The summed E-state index contributed by atoms with van der Waals surface area (Å²) < 4.78 is 17.4. The Bertz CT molecular complexity index is 1930. The third kappa shape index (κ3) is 7.26. The lowest BCUT2D eigenvalue weighted by atomic mass is 10.1. The first kappa shape index (κ1) is 32.3. The summed E-state index contributed by atoms with van der Waals surface area (Å²) >= 11 is 3.34. The number of anilines is 1. The molecule has 0 saturated carbocycles. The van der Waals surface area contributed by atoms with Crippen LogP contribution < -0.4 is 24.4 Å². The minimum absolute atomic E-state index is 0.00301. The molecule has 1 saturated heterocycles. The van der Waals surface area contributed by atoms with Gasteiger partial charge < -0.3 is 14.2 Å². The van der Waals surface area contributed by atoms with Crippen molar-refractivity contribution in [2.45, 2.75) is 13.5 Å².